The van der Waals surface area contributed by atoms with E-state index in [-0.39, 0.29) is 5.82 Å². The summed E-state index contributed by atoms with van der Waals surface area (Å²) in [5.41, 5.74) is 2.51. The highest BCUT2D eigenvalue weighted by atomic mass is 19.1. The smallest absolute Gasteiger partial charge is 0.125 e. The average molecular weight is 245 g/mol. The van der Waals surface area contributed by atoms with E-state index in [9.17, 15) is 9.50 Å². The number of nitrogens with one attached hydrogen (secondary N) is 1. The molecular formula is C15H16FNO. The summed E-state index contributed by atoms with van der Waals surface area (Å²) < 4.78 is 13.1. The van der Waals surface area contributed by atoms with E-state index in [1.807, 2.05) is 37.3 Å². The predicted molar refractivity (Wildman–Crippen MR) is 71.0 cm³/mol. The van der Waals surface area contributed by atoms with Crippen LogP contribution in [0.1, 0.15) is 17.2 Å². The number of aliphatic hydroxyl groups is 1. The molecule has 0 spiro atoms. The molecule has 2 N–H and O–H groups in total. The van der Waals surface area contributed by atoms with Crippen molar-refractivity contribution in [1.82, 2.24) is 0 Å². The van der Waals surface area contributed by atoms with E-state index in [1.165, 1.54) is 12.1 Å². The van der Waals surface area contributed by atoms with Crippen molar-refractivity contribution in [3.8, 4) is 0 Å². The SMILES string of the molecule is Cc1ccc(F)cc1NCC(O)c1ccccc1. The van der Waals surface area contributed by atoms with Gasteiger partial charge in [-0.2, -0.15) is 0 Å². The van der Waals surface area contributed by atoms with Crippen molar-refractivity contribution in [2.24, 2.45) is 0 Å². The highest BCUT2D eigenvalue weighted by molar-refractivity contribution is 5.50. The van der Waals surface area contributed by atoms with Crippen LogP contribution in [0.3, 0.4) is 0 Å². The highest BCUT2D eigenvalue weighted by Crippen LogP contribution is 2.18. The maximum Gasteiger partial charge on any atom is 0.125 e. The molecule has 3 heteroatoms. The summed E-state index contributed by atoms with van der Waals surface area (Å²) >= 11 is 0. The van der Waals surface area contributed by atoms with Gasteiger partial charge in [-0.05, 0) is 30.2 Å². The molecule has 18 heavy (non-hydrogen) atoms. The first kappa shape index (κ1) is 12.6. The average Bonchev–Trinajstić information content (AvgIpc) is 2.40. The number of benzene rings is 2. The molecule has 0 amide bonds. The third-order valence-corrected chi connectivity index (χ3v) is 2.87. The number of halogens is 1. The van der Waals surface area contributed by atoms with Crippen LogP contribution in [0.2, 0.25) is 0 Å². The van der Waals surface area contributed by atoms with E-state index in [1.54, 1.807) is 6.07 Å². The minimum absolute atomic E-state index is 0.280. The van der Waals surface area contributed by atoms with Crippen LogP contribution in [0.4, 0.5) is 10.1 Å². The fourth-order valence-corrected chi connectivity index (χ4v) is 1.78. The van der Waals surface area contributed by atoms with Gasteiger partial charge in [-0.1, -0.05) is 36.4 Å². The Labute approximate surface area is 106 Å². The maximum absolute atomic E-state index is 13.1. The number of rotatable bonds is 4. The molecule has 0 radical (unpaired) electrons. The van der Waals surface area contributed by atoms with Crippen molar-refractivity contribution >= 4 is 5.69 Å². The fourth-order valence-electron chi connectivity index (χ4n) is 1.78. The summed E-state index contributed by atoms with van der Waals surface area (Å²) in [6.07, 6.45) is -0.603. The van der Waals surface area contributed by atoms with E-state index in [2.05, 4.69) is 5.32 Å². The second-order valence-electron chi connectivity index (χ2n) is 4.27. The molecule has 2 rings (SSSR count). The van der Waals surface area contributed by atoms with Crippen molar-refractivity contribution in [3.05, 3.63) is 65.5 Å². The first-order valence-electron chi connectivity index (χ1n) is 5.90. The Kier molecular flexibility index (Phi) is 3.95. The van der Waals surface area contributed by atoms with Crippen LogP contribution in [0.5, 0.6) is 0 Å². The van der Waals surface area contributed by atoms with Gasteiger partial charge >= 0.3 is 0 Å². The number of hydrogen-bond donors (Lipinski definition) is 2. The largest absolute Gasteiger partial charge is 0.387 e. The van der Waals surface area contributed by atoms with Gasteiger partial charge in [0.15, 0.2) is 0 Å². The molecule has 1 unspecified atom stereocenters. The molecule has 0 bridgehead atoms. The van der Waals surface area contributed by atoms with Crippen LogP contribution in [0, 0.1) is 12.7 Å². The zero-order valence-corrected chi connectivity index (χ0v) is 10.2. The topological polar surface area (TPSA) is 32.3 Å². The van der Waals surface area contributed by atoms with Crippen molar-refractivity contribution in [2.75, 3.05) is 11.9 Å². The Morgan fingerprint density at radius 1 is 1.17 bits per heavy atom. The van der Waals surface area contributed by atoms with E-state index in [0.29, 0.717) is 12.2 Å². The molecule has 0 saturated carbocycles. The minimum atomic E-state index is -0.603. The van der Waals surface area contributed by atoms with Gasteiger partial charge in [-0.3, -0.25) is 0 Å². The lowest BCUT2D eigenvalue weighted by atomic mass is 10.1. The molecule has 0 fully saturated rings. The molecule has 2 aromatic rings. The number of aryl methyl sites for hydroxylation is 1. The second-order valence-corrected chi connectivity index (χ2v) is 4.27. The number of hydrogen-bond acceptors (Lipinski definition) is 2. The minimum Gasteiger partial charge on any atom is -0.387 e. The molecule has 0 aliphatic carbocycles. The summed E-state index contributed by atoms with van der Waals surface area (Å²) in [4.78, 5) is 0. The van der Waals surface area contributed by atoms with Crippen LogP contribution in [-0.4, -0.2) is 11.7 Å². The van der Waals surface area contributed by atoms with Gasteiger partial charge in [0.25, 0.3) is 0 Å². The van der Waals surface area contributed by atoms with Gasteiger partial charge in [0.2, 0.25) is 0 Å². The third kappa shape index (κ3) is 3.08. The van der Waals surface area contributed by atoms with Crippen LogP contribution >= 0.6 is 0 Å². The monoisotopic (exact) mass is 245 g/mol. The lowest BCUT2D eigenvalue weighted by molar-refractivity contribution is 0.191. The standard InChI is InChI=1S/C15H16FNO/c1-11-7-8-13(16)9-14(11)17-10-15(18)12-5-3-2-4-6-12/h2-9,15,17-18H,10H2,1H3. The van der Waals surface area contributed by atoms with Gasteiger partial charge in [-0.15, -0.1) is 0 Å². The molecular weight excluding hydrogens is 229 g/mol. The van der Waals surface area contributed by atoms with Crippen molar-refractivity contribution < 1.29 is 9.50 Å². The summed E-state index contributed by atoms with van der Waals surface area (Å²) in [5.74, 6) is -0.280. The van der Waals surface area contributed by atoms with Crippen LogP contribution in [0.25, 0.3) is 0 Å². The Morgan fingerprint density at radius 3 is 2.61 bits per heavy atom. The summed E-state index contributed by atoms with van der Waals surface area (Å²) in [7, 11) is 0. The molecule has 0 heterocycles. The van der Waals surface area contributed by atoms with Gasteiger partial charge < -0.3 is 10.4 Å². The molecule has 2 aromatic carbocycles. The Balaban J connectivity index is 2.01. The second kappa shape index (κ2) is 5.65. The summed E-state index contributed by atoms with van der Waals surface area (Å²) in [6, 6.07) is 14.0. The molecule has 0 saturated heterocycles. The lowest BCUT2D eigenvalue weighted by Crippen LogP contribution is -2.12. The van der Waals surface area contributed by atoms with Gasteiger partial charge in [0.1, 0.15) is 5.82 Å². The molecule has 0 aromatic heterocycles. The van der Waals surface area contributed by atoms with Gasteiger partial charge in [0, 0.05) is 12.2 Å². The predicted octanol–water partition coefficient (Wildman–Crippen LogP) is 3.28. The van der Waals surface area contributed by atoms with Crippen LogP contribution in [-0.2, 0) is 0 Å². The molecule has 0 aliphatic heterocycles. The van der Waals surface area contributed by atoms with Crippen LogP contribution in [0.15, 0.2) is 48.5 Å². The third-order valence-electron chi connectivity index (χ3n) is 2.87. The van der Waals surface area contributed by atoms with Crippen molar-refractivity contribution in [1.29, 1.82) is 0 Å². The summed E-state index contributed by atoms with van der Waals surface area (Å²) in [5, 5.41) is 13.0. The van der Waals surface area contributed by atoms with Gasteiger partial charge in [0.05, 0.1) is 6.10 Å². The first-order valence-corrected chi connectivity index (χ1v) is 5.90. The maximum atomic E-state index is 13.1. The number of anilines is 1. The van der Waals surface area contributed by atoms with Crippen molar-refractivity contribution in [3.63, 3.8) is 0 Å². The lowest BCUT2D eigenvalue weighted by Gasteiger charge is -2.14. The van der Waals surface area contributed by atoms with Crippen LogP contribution < -0.4 is 5.32 Å². The number of aliphatic hydroxyl groups excluding tert-OH is 1. The summed E-state index contributed by atoms with van der Waals surface area (Å²) in [6.45, 7) is 2.25. The zero-order chi connectivity index (χ0) is 13.0. The van der Waals surface area contributed by atoms with Gasteiger partial charge in [-0.25, -0.2) is 4.39 Å². The zero-order valence-electron chi connectivity index (χ0n) is 10.2. The van der Waals surface area contributed by atoms with E-state index in [0.717, 1.165) is 11.1 Å². The Hall–Kier alpha value is -1.87. The van der Waals surface area contributed by atoms with Crippen molar-refractivity contribution in [2.45, 2.75) is 13.0 Å². The normalized spacial score (nSPS) is 12.2. The first-order chi connectivity index (χ1) is 8.66. The fraction of sp³-hybridized carbons (Fsp3) is 0.200. The Morgan fingerprint density at radius 2 is 1.89 bits per heavy atom. The van der Waals surface area contributed by atoms with E-state index in [4.69, 9.17) is 0 Å². The molecule has 0 aliphatic rings. The molecule has 1 atom stereocenters. The Bertz CT molecular complexity index is 513. The van der Waals surface area contributed by atoms with E-state index < -0.39 is 6.10 Å². The highest BCUT2D eigenvalue weighted by Gasteiger charge is 2.07. The van der Waals surface area contributed by atoms with E-state index >= 15 is 0 Å². The quantitative estimate of drug-likeness (QED) is 0.866. The molecule has 94 valence electrons. The molecule has 2 nitrogen and oxygen atoms in total.